The Labute approximate surface area is 206 Å². The summed E-state index contributed by atoms with van der Waals surface area (Å²) in [6.45, 7) is 10.6. The highest BCUT2D eigenvalue weighted by molar-refractivity contribution is 5.95. The minimum atomic E-state index is -0.599. The number of anilines is 1. The van der Waals surface area contributed by atoms with Crippen molar-refractivity contribution in [2.45, 2.75) is 26.8 Å². The molecule has 2 aromatic carbocycles. The molecule has 0 aliphatic carbocycles. The van der Waals surface area contributed by atoms with Gasteiger partial charge in [0.05, 0.1) is 25.3 Å². The zero-order valence-corrected chi connectivity index (χ0v) is 20.9. The number of urea groups is 1. The maximum atomic E-state index is 12.9. The van der Waals surface area contributed by atoms with Crippen LogP contribution in [0, 0.1) is 13.8 Å². The van der Waals surface area contributed by atoms with Gasteiger partial charge < -0.3 is 25.0 Å². The Bertz CT molecular complexity index is 1100. The van der Waals surface area contributed by atoms with Crippen LogP contribution in [0.4, 0.5) is 10.5 Å². The Hall–Kier alpha value is -3.52. The number of benzene rings is 2. The highest BCUT2D eigenvalue weighted by Gasteiger charge is 2.34. The standard InChI is InChI=1S/C27H34N4O4/c1-5-35-21-11-9-20(10-12-21)25-24(26(32)34-4)22(28-27(33)29-25)17-30-13-15-31(16-14-30)23-8-6-7-18(2)19(23)3/h6-12,25H,5,13-17H2,1-4H3,(H2,28,29,33)/t25-/m0/s1. The Morgan fingerprint density at radius 1 is 1.06 bits per heavy atom. The second-order valence-corrected chi connectivity index (χ2v) is 8.90. The van der Waals surface area contributed by atoms with Crippen molar-refractivity contribution in [1.82, 2.24) is 15.5 Å². The van der Waals surface area contributed by atoms with Crippen molar-refractivity contribution in [3.63, 3.8) is 0 Å². The van der Waals surface area contributed by atoms with Crippen LogP contribution >= 0.6 is 0 Å². The third kappa shape index (κ3) is 5.43. The van der Waals surface area contributed by atoms with E-state index in [9.17, 15) is 9.59 Å². The molecular formula is C27H34N4O4. The molecule has 2 aliphatic heterocycles. The van der Waals surface area contributed by atoms with E-state index in [1.807, 2.05) is 31.2 Å². The molecule has 8 heteroatoms. The fraction of sp³-hybridized carbons (Fsp3) is 0.407. The first kappa shape index (κ1) is 24.6. The largest absolute Gasteiger partial charge is 0.494 e. The summed E-state index contributed by atoms with van der Waals surface area (Å²) in [5, 5.41) is 5.75. The summed E-state index contributed by atoms with van der Waals surface area (Å²) in [7, 11) is 1.36. The van der Waals surface area contributed by atoms with Crippen LogP contribution in [0.5, 0.6) is 5.75 Å². The van der Waals surface area contributed by atoms with E-state index in [1.54, 1.807) is 0 Å². The lowest BCUT2D eigenvalue weighted by molar-refractivity contribution is -0.136. The predicted molar refractivity (Wildman–Crippen MR) is 136 cm³/mol. The summed E-state index contributed by atoms with van der Waals surface area (Å²) in [6, 6.07) is 12.9. The van der Waals surface area contributed by atoms with Crippen LogP contribution in [0.3, 0.4) is 0 Å². The molecular weight excluding hydrogens is 444 g/mol. The van der Waals surface area contributed by atoms with Gasteiger partial charge in [0.15, 0.2) is 0 Å². The molecule has 1 atom stereocenters. The molecule has 0 spiro atoms. The molecule has 0 bridgehead atoms. The van der Waals surface area contributed by atoms with Crippen molar-refractivity contribution in [2.75, 3.05) is 51.3 Å². The third-order valence-electron chi connectivity index (χ3n) is 6.75. The Balaban J connectivity index is 1.54. The molecule has 0 radical (unpaired) electrons. The van der Waals surface area contributed by atoms with E-state index in [0.29, 0.717) is 24.4 Å². The number of esters is 1. The van der Waals surface area contributed by atoms with Crippen molar-refractivity contribution < 1.29 is 19.1 Å². The van der Waals surface area contributed by atoms with Crippen LogP contribution in [0.25, 0.3) is 0 Å². The van der Waals surface area contributed by atoms with Gasteiger partial charge in [-0.3, -0.25) is 4.90 Å². The minimum absolute atomic E-state index is 0.333. The molecule has 2 heterocycles. The number of nitrogens with zero attached hydrogens (tertiary/aromatic N) is 2. The average Bonchev–Trinajstić information content (AvgIpc) is 2.86. The summed E-state index contributed by atoms with van der Waals surface area (Å²) in [4.78, 5) is 30.1. The summed E-state index contributed by atoms with van der Waals surface area (Å²) in [5.41, 5.74) is 5.66. The van der Waals surface area contributed by atoms with Gasteiger partial charge in [0.25, 0.3) is 0 Å². The average molecular weight is 479 g/mol. The molecule has 2 N–H and O–H groups in total. The number of piperazine rings is 1. The number of hydrogen-bond donors (Lipinski definition) is 2. The highest BCUT2D eigenvalue weighted by atomic mass is 16.5. The van der Waals surface area contributed by atoms with E-state index in [2.05, 4.69) is 52.5 Å². The number of ether oxygens (including phenoxy) is 2. The molecule has 0 aromatic heterocycles. The number of aryl methyl sites for hydroxylation is 1. The van der Waals surface area contributed by atoms with Gasteiger partial charge in [-0.25, -0.2) is 9.59 Å². The highest BCUT2D eigenvalue weighted by Crippen LogP contribution is 2.30. The number of carbonyl (C=O) groups is 2. The molecule has 0 saturated carbocycles. The van der Waals surface area contributed by atoms with Gasteiger partial charge in [-0.2, -0.15) is 0 Å². The Kier molecular flexibility index (Phi) is 7.60. The zero-order valence-electron chi connectivity index (χ0n) is 20.9. The molecule has 2 aromatic rings. The van der Waals surface area contributed by atoms with Crippen molar-refractivity contribution in [1.29, 1.82) is 0 Å². The first-order valence-corrected chi connectivity index (χ1v) is 12.1. The molecule has 186 valence electrons. The normalized spacial score (nSPS) is 18.7. The van der Waals surface area contributed by atoms with Gasteiger partial charge in [-0.15, -0.1) is 0 Å². The van der Waals surface area contributed by atoms with E-state index in [0.717, 1.165) is 37.5 Å². The first-order chi connectivity index (χ1) is 16.9. The lowest BCUT2D eigenvalue weighted by Gasteiger charge is -2.38. The van der Waals surface area contributed by atoms with E-state index in [-0.39, 0.29) is 6.03 Å². The van der Waals surface area contributed by atoms with Gasteiger partial charge in [-0.05, 0) is 55.7 Å². The number of amides is 2. The van der Waals surface area contributed by atoms with Crippen molar-refractivity contribution in [3.05, 3.63) is 70.4 Å². The molecule has 2 aliphatic rings. The predicted octanol–water partition coefficient (Wildman–Crippen LogP) is 3.31. The Morgan fingerprint density at radius 2 is 1.77 bits per heavy atom. The van der Waals surface area contributed by atoms with Gasteiger partial charge >= 0.3 is 12.0 Å². The second kappa shape index (κ2) is 10.8. The maximum absolute atomic E-state index is 12.9. The fourth-order valence-corrected chi connectivity index (χ4v) is 4.72. The Morgan fingerprint density at radius 3 is 2.43 bits per heavy atom. The van der Waals surface area contributed by atoms with Gasteiger partial charge in [0.2, 0.25) is 0 Å². The lowest BCUT2D eigenvalue weighted by atomic mass is 9.94. The summed E-state index contributed by atoms with van der Waals surface area (Å²) in [6.07, 6.45) is 0. The fourth-order valence-electron chi connectivity index (χ4n) is 4.72. The minimum Gasteiger partial charge on any atom is -0.494 e. The SMILES string of the molecule is CCOc1ccc([C@@H]2NC(=O)NC(CN3CCN(c4cccc(C)c4C)CC3)=C2C(=O)OC)cc1. The molecule has 2 amide bonds. The van der Waals surface area contributed by atoms with Crippen molar-refractivity contribution >= 4 is 17.7 Å². The monoisotopic (exact) mass is 478 g/mol. The smallest absolute Gasteiger partial charge is 0.338 e. The third-order valence-corrected chi connectivity index (χ3v) is 6.75. The number of carbonyl (C=O) groups excluding carboxylic acids is 2. The number of rotatable bonds is 7. The topological polar surface area (TPSA) is 83.1 Å². The van der Waals surface area contributed by atoms with Gasteiger partial charge in [0.1, 0.15) is 5.75 Å². The van der Waals surface area contributed by atoms with E-state index in [4.69, 9.17) is 9.47 Å². The summed E-state index contributed by atoms with van der Waals surface area (Å²) in [5.74, 6) is 0.280. The van der Waals surface area contributed by atoms with Crippen LogP contribution in [0.15, 0.2) is 53.7 Å². The van der Waals surface area contributed by atoms with Crippen LogP contribution in [0.2, 0.25) is 0 Å². The van der Waals surface area contributed by atoms with Crippen LogP contribution in [0.1, 0.15) is 29.7 Å². The van der Waals surface area contributed by atoms with Crippen molar-refractivity contribution in [2.24, 2.45) is 0 Å². The summed E-state index contributed by atoms with van der Waals surface area (Å²) >= 11 is 0. The molecule has 35 heavy (non-hydrogen) atoms. The molecule has 1 fully saturated rings. The molecule has 4 rings (SSSR count). The molecule has 0 unspecified atom stereocenters. The second-order valence-electron chi connectivity index (χ2n) is 8.90. The number of hydrogen-bond acceptors (Lipinski definition) is 6. The van der Waals surface area contributed by atoms with Crippen molar-refractivity contribution in [3.8, 4) is 5.75 Å². The van der Waals surface area contributed by atoms with E-state index in [1.165, 1.54) is 23.9 Å². The quantitative estimate of drug-likeness (QED) is 0.594. The van der Waals surface area contributed by atoms with Crippen LogP contribution in [-0.4, -0.2) is 63.3 Å². The van der Waals surface area contributed by atoms with Gasteiger partial charge in [-0.1, -0.05) is 24.3 Å². The van der Waals surface area contributed by atoms with E-state index < -0.39 is 12.0 Å². The van der Waals surface area contributed by atoms with Crippen LogP contribution < -0.4 is 20.3 Å². The van der Waals surface area contributed by atoms with E-state index >= 15 is 0 Å². The molecule has 1 saturated heterocycles. The number of methoxy groups -OCH3 is 1. The lowest BCUT2D eigenvalue weighted by Crippen LogP contribution is -2.51. The first-order valence-electron chi connectivity index (χ1n) is 12.1. The number of nitrogens with one attached hydrogen (secondary N) is 2. The van der Waals surface area contributed by atoms with Crippen LogP contribution in [-0.2, 0) is 9.53 Å². The van der Waals surface area contributed by atoms with Gasteiger partial charge in [0, 0.05) is 44.1 Å². The zero-order chi connectivity index (χ0) is 24.9. The maximum Gasteiger partial charge on any atom is 0.338 e. The summed E-state index contributed by atoms with van der Waals surface area (Å²) < 4.78 is 10.6. The molecule has 8 nitrogen and oxygen atoms in total.